The molecule has 0 atom stereocenters. The molecule has 1 aliphatic rings. The molecular formula is C21H24N4O3. The van der Waals surface area contributed by atoms with Gasteiger partial charge in [0, 0.05) is 37.9 Å². The van der Waals surface area contributed by atoms with Gasteiger partial charge >= 0.3 is 0 Å². The Balaban J connectivity index is 1.41. The normalized spacial score (nSPS) is 15.0. The summed E-state index contributed by atoms with van der Waals surface area (Å²) in [6.07, 6.45) is 7.12. The molecule has 0 bridgehead atoms. The monoisotopic (exact) mass is 380 g/mol. The Bertz CT molecular complexity index is 937. The Morgan fingerprint density at radius 2 is 2.00 bits per heavy atom. The molecule has 0 spiro atoms. The average molecular weight is 380 g/mol. The van der Waals surface area contributed by atoms with E-state index < -0.39 is 0 Å². The van der Waals surface area contributed by atoms with Gasteiger partial charge in [-0.05, 0) is 37.5 Å². The maximum atomic E-state index is 12.6. The summed E-state index contributed by atoms with van der Waals surface area (Å²) in [5.74, 6) is 2.29. The molecule has 1 aromatic carbocycles. The molecule has 4 rings (SSSR count). The molecule has 0 aliphatic carbocycles. The second kappa shape index (κ2) is 7.88. The molecule has 7 nitrogen and oxygen atoms in total. The van der Waals surface area contributed by atoms with Crippen LogP contribution in [0.2, 0.25) is 0 Å². The third kappa shape index (κ3) is 3.65. The van der Waals surface area contributed by atoms with Gasteiger partial charge in [0.05, 0.1) is 12.8 Å². The first-order chi connectivity index (χ1) is 13.7. The Labute approximate surface area is 163 Å². The fourth-order valence-electron chi connectivity index (χ4n) is 3.75. The molecule has 3 heterocycles. The third-order valence-electron chi connectivity index (χ3n) is 5.39. The summed E-state index contributed by atoms with van der Waals surface area (Å²) in [5, 5.41) is 3.81. The standard InChI is InChI=1S/C21H24N4O3/c1-15-19(14-28-23-15)21(26)24-10-7-17(8-11-24)20-22-9-12-25(20)13-16-3-5-18(27-2)6-4-16/h3-6,9,12,14,17H,7-8,10-11,13H2,1-2H3. The lowest BCUT2D eigenvalue weighted by molar-refractivity contribution is 0.0709. The maximum absolute atomic E-state index is 12.6. The highest BCUT2D eigenvalue weighted by Crippen LogP contribution is 2.28. The Morgan fingerprint density at radius 3 is 2.64 bits per heavy atom. The van der Waals surface area contributed by atoms with Crippen molar-refractivity contribution in [1.29, 1.82) is 0 Å². The molecule has 7 heteroatoms. The van der Waals surface area contributed by atoms with Gasteiger partial charge < -0.3 is 18.7 Å². The number of hydrogen-bond acceptors (Lipinski definition) is 5. The highest BCUT2D eigenvalue weighted by atomic mass is 16.5. The molecule has 3 aromatic rings. The minimum atomic E-state index is -0.00113. The highest BCUT2D eigenvalue weighted by Gasteiger charge is 2.28. The number of ether oxygens (including phenoxy) is 1. The van der Waals surface area contributed by atoms with Crippen molar-refractivity contribution >= 4 is 5.91 Å². The fourth-order valence-corrected chi connectivity index (χ4v) is 3.75. The number of carbonyl (C=O) groups excluding carboxylic acids is 1. The van der Waals surface area contributed by atoms with E-state index in [4.69, 9.17) is 9.26 Å². The molecule has 1 aliphatic heterocycles. The Kier molecular flexibility index (Phi) is 5.14. The van der Waals surface area contributed by atoms with Crippen LogP contribution in [0, 0.1) is 6.92 Å². The van der Waals surface area contributed by atoms with Gasteiger partial charge in [-0.25, -0.2) is 4.98 Å². The second-order valence-corrected chi connectivity index (χ2v) is 7.14. The maximum Gasteiger partial charge on any atom is 0.259 e. The summed E-state index contributed by atoms with van der Waals surface area (Å²) in [5.41, 5.74) is 2.40. The van der Waals surface area contributed by atoms with Crippen molar-refractivity contribution in [1.82, 2.24) is 19.6 Å². The zero-order valence-corrected chi connectivity index (χ0v) is 16.2. The van der Waals surface area contributed by atoms with Crippen LogP contribution >= 0.6 is 0 Å². The van der Waals surface area contributed by atoms with E-state index in [1.54, 1.807) is 14.0 Å². The molecule has 1 amide bonds. The topological polar surface area (TPSA) is 73.4 Å². The predicted octanol–water partition coefficient (Wildman–Crippen LogP) is 3.26. The minimum Gasteiger partial charge on any atom is -0.497 e. The van der Waals surface area contributed by atoms with E-state index in [9.17, 15) is 4.79 Å². The van der Waals surface area contributed by atoms with Gasteiger partial charge in [-0.1, -0.05) is 17.3 Å². The number of nitrogens with zero attached hydrogens (tertiary/aromatic N) is 4. The number of hydrogen-bond donors (Lipinski definition) is 0. The number of methoxy groups -OCH3 is 1. The number of likely N-dealkylation sites (tertiary alicyclic amines) is 1. The molecule has 0 unspecified atom stereocenters. The molecule has 0 N–H and O–H groups in total. The fraction of sp³-hybridized carbons (Fsp3) is 0.381. The zero-order chi connectivity index (χ0) is 19.5. The van der Waals surface area contributed by atoms with E-state index in [2.05, 4.69) is 26.8 Å². The largest absolute Gasteiger partial charge is 0.497 e. The predicted molar refractivity (Wildman–Crippen MR) is 103 cm³/mol. The van der Waals surface area contributed by atoms with Gasteiger partial charge in [0.1, 0.15) is 23.4 Å². The van der Waals surface area contributed by atoms with Crippen molar-refractivity contribution < 1.29 is 14.1 Å². The first-order valence-electron chi connectivity index (χ1n) is 9.50. The van der Waals surface area contributed by atoms with Gasteiger partial charge in [-0.15, -0.1) is 0 Å². The van der Waals surface area contributed by atoms with Crippen molar-refractivity contribution in [3.05, 3.63) is 65.6 Å². The lowest BCUT2D eigenvalue weighted by Gasteiger charge is -2.31. The van der Waals surface area contributed by atoms with E-state index in [-0.39, 0.29) is 5.91 Å². The first-order valence-corrected chi connectivity index (χ1v) is 9.50. The van der Waals surface area contributed by atoms with Crippen LogP contribution < -0.4 is 4.74 Å². The summed E-state index contributed by atoms with van der Waals surface area (Å²) in [4.78, 5) is 19.1. The average Bonchev–Trinajstić information content (AvgIpc) is 3.37. The lowest BCUT2D eigenvalue weighted by Crippen LogP contribution is -2.38. The molecule has 0 radical (unpaired) electrons. The molecule has 1 fully saturated rings. The van der Waals surface area contributed by atoms with E-state index in [1.165, 1.54) is 11.8 Å². The highest BCUT2D eigenvalue weighted by molar-refractivity contribution is 5.94. The minimum absolute atomic E-state index is 0.00113. The van der Waals surface area contributed by atoms with Crippen LogP contribution in [-0.2, 0) is 6.54 Å². The molecular weight excluding hydrogens is 356 g/mol. The van der Waals surface area contributed by atoms with Crippen molar-refractivity contribution in [3.63, 3.8) is 0 Å². The molecule has 146 valence electrons. The van der Waals surface area contributed by atoms with E-state index in [0.29, 0.717) is 30.3 Å². The summed E-state index contributed by atoms with van der Waals surface area (Å²) < 4.78 is 12.3. The Hall–Kier alpha value is -3.09. The number of carbonyl (C=O) groups is 1. The van der Waals surface area contributed by atoms with E-state index >= 15 is 0 Å². The molecule has 0 saturated carbocycles. The van der Waals surface area contributed by atoms with E-state index in [1.807, 2.05) is 29.4 Å². The summed E-state index contributed by atoms with van der Waals surface area (Å²) in [6, 6.07) is 8.10. The van der Waals surface area contributed by atoms with Crippen LogP contribution in [-0.4, -0.2) is 45.7 Å². The summed E-state index contributed by atoms with van der Waals surface area (Å²) >= 11 is 0. The van der Waals surface area contributed by atoms with Gasteiger partial charge in [0.25, 0.3) is 5.91 Å². The number of piperidine rings is 1. The van der Waals surface area contributed by atoms with E-state index in [0.717, 1.165) is 31.0 Å². The lowest BCUT2D eigenvalue weighted by atomic mass is 9.95. The van der Waals surface area contributed by atoms with Crippen molar-refractivity contribution in [2.45, 2.75) is 32.2 Å². The molecule has 1 saturated heterocycles. The summed E-state index contributed by atoms with van der Waals surface area (Å²) in [6.45, 7) is 3.99. The van der Waals surface area contributed by atoms with Gasteiger partial charge in [-0.3, -0.25) is 4.79 Å². The summed E-state index contributed by atoms with van der Waals surface area (Å²) in [7, 11) is 1.67. The Morgan fingerprint density at radius 1 is 1.25 bits per heavy atom. The van der Waals surface area contributed by atoms with Crippen molar-refractivity contribution in [2.75, 3.05) is 20.2 Å². The first kappa shape index (κ1) is 18.3. The second-order valence-electron chi connectivity index (χ2n) is 7.14. The van der Waals surface area contributed by atoms with Crippen LogP contribution in [0.5, 0.6) is 5.75 Å². The van der Waals surface area contributed by atoms with Crippen molar-refractivity contribution in [2.24, 2.45) is 0 Å². The third-order valence-corrected chi connectivity index (χ3v) is 5.39. The number of aromatic nitrogens is 3. The number of rotatable bonds is 5. The van der Waals surface area contributed by atoms with Crippen LogP contribution in [0.15, 0.2) is 47.4 Å². The van der Waals surface area contributed by atoms with Crippen LogP contribution in [0.25, 0.3) is 0 Å². The van der Waals surface area contributed by atoms with Crippen LogP contribution in [0.1, 0.15) is 46.2 Å². The number of imidazole rings is 1. The van der Waals surface area contributed by atoms with Crippen LogP contribution in [0.3, 0.4) is 0 Å². The van der Waals surface area contributed by atoms with Gasteiger partial charge in [0.15, 0.2) is 0 Å². The van der Waals surface area contributed by atoms with Gasteiger partial charge in [-0.2, -0.15) is 0 Å². The van der Waals surface area contributed by atoms with Gasteiger partial charge in [0.2, 0.25) is 0 Å². The smallest absolute Gasteiger partial charge is 0.259 e. The number of amides is 1. The zero-order valence-electron chi connectivity index (χ0n) is 16.2. The SMILES string of the molecule is COc1ccc(Cn2ccnc2C2CCN(C(=O)c3conc3C)CC2)cc1. The molecule has 2 aromatic heterocycles. The molecule has 28 heavy (non-hydrogen) atoms. The number of aryl methyl sites for hydroxylation is 1. The quantitative estimate of drug-likeness (QED) is 0.679. The van der Waals surface area contributed by atoms with Crippen LogP contribution in [0.4, 0.5) is 0 Å². The van der Waals surface area contributed by atoms with Crippen molar-refractivity contribution in [3.8, 4) is 5.75 Å². The number of benzene rings is 1.